The third-order valence-corrected chi connectivity index (χ3v) is 5.37. The predicted octanol–water partition coefficient (Wildman–Crippen LogP) is 4.34. The second-order valence-corrected chi connectivity index (χ2v) is 7.36. The number of nitrogens with zero attached hydrogens (tertiary/aromatic N) is 4. The molecule has 0 unspecified atom stereocenters. The van der Waals surface area contributed by atoms with E-state index in [-0.39, 0.29) is 11.7 Å². The zero-order valence-corrected chi connectivity index (χ0v) is 17.2. The summed E-state index contributed by atoms with van der Waals surface area (Å²) >= 11 is 0. The average molecular weight is 423 g/mol. The molecular formula is C23H23F2N5O. The first-order valence-electron chi connectivity index (χ1n) is 10.2. The van der Waals surface area contributed by atoms with Gasteiger partial charge in [-0.3, -0.25) is 0 Å². The molecule has 0 atom stereocenters. The summed E-state index contributed by atoms with van der Waals surface area (Å²) in [6.45, 7) is 4.29. The van der Waals surface area contributed by atoms with Crippen LogP contribution >= 0.6 is 0 Å². The summed E-state index contributed by atoms with van der Waals surface area (Å²) in [5.74, 6) is -1.18. The number of urea groups is 1. The number of carbonyl (C=O) groups is 1. The van der Waals surface area contributed by atoms with Gasteiger partial charge in [-0.1, -0.05) is 31.2 Å². The van der Waals surface area contributed by atoms with Gasteiger partial charge in [-0.15, -0.1) is 10.2 Å². The van der Waals surface area contributed by atoms with E-state index in [1.807, 2.05) is 24.3 Å². The summed E-state index contributed by atoms with van der Waals surface area (Å²) in [6, 6.07) is 15.1. The van der Waals surface area contributed by atoms with E-state index < -0.39 is 11.6 Å². The number of halogens is 2. The molecule has 0 spiro atoms. The van der Waals surface area contributed by atoms with E-state index in [2.05, 4.69) is 39.5 Å². The molecule has 3 aromatic rings. The summed E-state index contributed by atoms with van der Waals surface area (Å²) in [6.07, 6.45) is 0.996. The van der Waals surface area contributed by atoms with Crippen LogP contribution in [0.3, 0.4) is 0 Å². The standard InChI is InChI=1S/C23H23F2N5O/c1-2-16-3-5-17(6-4-16)21-9-10-22(28-27-21)29-11-13-30(14-12-29)23(31)26-18-7-8-19(24)20(25)15-18/h3-10,15H,2,11-14H2,1H3,(H,26,31). The van der Waals surface area contributed by atoms with Crippen LogP contribution in [0.5, 0.6) is 0 Å². The van der Waals surface area contributed by atoms with E-state index in [1.165, 1.54) is 11.6 Å². The number of hydrogen-bond acceptors (Lipinski definition) is 4. The van der Waals surface area contributed by atoms with E-state index in [0.717, 1.165) is 35.6 Å². The zero-order chi connectivity index (χ0) is 21.8. The molecule has 0 aliphatic carbocycles. The molecule has 1 N–H and O–H groups in total. The van der Waals surface area contributed by atoms with Crippen molar-refractivity contribution in [3.05, 3.63) is 71.8 Å². The molecule has 160 valence electrons. The summed E-state index contributed by atoms with van der Waals surface area (Å²) in [7, 11) is 0. The van der Waals surface area contributed by atoms with Gasteiger partial charge in [-0.25, -0.2) is 13.6 Å². The Bertz CT molecular complexity index is 1050. The summed E-state index contributed by atoms with van der Waals surface area (Å²) in [4.78, 5) is 16.1. The highest BCUT2D eigenvalue weighted by Gasteiger charge is 2.22. The minimum atomic E-state index is -0.994. The Morgan fingerprint density at radius 2 is 1.68 bits per heavy atom. The van der Waals surface area contributed by atoms with E-state index in [9.17, 15) is 13.6 Å². The molecule has 6 nitrogen and oxygen atoms in total. The van der Waals surface area contributed by atoms with Gasteiger partial charge in [0.2, 0.25) is 0 Å². The third kappa shape index (κ3) is 4.79. The molecule has 2 heterocycles. The van der Waals surface area contributed by atoms with Crippen LogP contribution in [0.1, 0.15) is 12.5 Å². The van der Waals surface area contributed by atoms with Gasteiger partial charge in [0.05, 0.1) is 5.69 Å². The van der Waals surface area contributed by atoms with Crippen molar-refractivity contribution in [2.75, 3.05) is 36.4 Å². The minimum Gasteiger partial charge on any atom is -0.352 e. The molecule has 0 saturated carbocycles. The zero-order valence-electron chi connectivity index (χ0n) is 17.2. The van der Waals surface area contributed by atoms with Crippen molar-refractivity contribution >= 4 is 17.5 Å². The molecule has 2 aromatic carbocycles. The number of carbonyl (C=O) groups excluding carboxylic acids is 1. The smallest absolute Gasteiger partial charge is 0.321 e. The van der Waals surface area contributed by atoms with Gasteiger partial charge in [0.25, 0.3) is 0 Å². The molecular weight excluding hydrogens is 400 g/mol. The molecule has 1 aliphatic rings. The predicted molar refractivity (Wildman–Crippen MR) is 116 cm³/mol. The molecule has 1 aliphatic heterocycles. The highest BCUT2D eigenvalue weighted by Crippen LogP contribution is 2.20. The molecule has 31 heavy (non-hydrogen) atoms. The quantitative estimate of drug-likeness (QED) is 0.678. The maximum absolute atomic E-state index is 13.3. The van der Waals surface area contributed by atoms with Crippen molar-refractivity contribution in [3.8, 4) is 11.3 Å². The lowest BCUT2D eigenvalue weighted by atomic mass is 10.1. The van der Waals surface area contributed by atoms with Crippen molar-refractivity contribution in [2.45, 2.75) is 13.3 Å². The minimum absolute atomic E-state index is 0.222. The van der Waals surface area contributed by atoms with E-state index >= 15 is 0 Å². The lowest BCUT2D eigenvalue weighted by Gasteiger charge is -2.35. The molecule has 2 amide bonds. The summed E-state index contributed by atoms with van der Waals surface area (Å²) in [5.41, 5.74) is 3.34. The number of anilines is 2. The first-order chi connectivity index (χ1) is 15.0. The molecule has 0 bridgehead atoms. The molecule has 1 aromatic heterocycles. The number of amides is 2. The first-order valence-corrected chi connectivity index (χ1v) is 10.2. The number of aromatic nitrogens is 2. The van der Waals surface area contributed by atoms with Crippen LogP contribution in [0.25, 0.3) is 11.3 Å². The Morgan fingerprint density at radius 1 is 0.935 bits per heavy atom. The number of nitrogens with one attached hydrogen (secondary N) is 1. The van der Waals surface area contributed by atoms with E-state index in [0.29, 0.717) is 26.2 Å². The number of hydrogen-bond donors (Lipinski definition) is 1. The summed E-state index contributed by atoms with van der Waals surface area (Å²) < 4.78 is 26.4. The molecule has 4 rings (SSSR count). The van der Waals surface area contributed by atoms with Crippen LogP contribution in [0.4, 0.5) is 25.1 Å². The SMILES string of the molecule is CCc1ccc(-c2ccc(N3CCN(C(=O)Nc4ccc(F)c(F)c4)CC3)nn2)cc1. The lowest BCUT2D eigenvalue weighted by molar-refractivity contribution is 0.208. The van der Waals surface area contributed by atoms with Crippen LogP contribution in [-0.2, 0) is 6.42 Å². The van der Waals surface area contributed by atoms with Crippen LogP contribution < -0.4 is 10.2 Å². The van der Waals surface area contributed by atoms with E-state index in [4.69, 9.17) is 0 Å². The van der Waals surface area contributed by atoms with Crippen LogP contribution in [0, 0.1) is 11.6 Å². The van der Waals surface area contributed by atoms with Crippen molar-refractivity contribution in [1.29, 1.82) is 0 Å². The number of aryl methyl sites for hydroxylation is 1. The fourth-order valence-corrected chi connectivity index (χ4v) is 3.47. The lowest BCUT2D eigenvalue weighted by Crippen LogP contribution is -2.50. The fourth-order valence-electron chi connectivity index (χ4n) is 3.47. The third-order valence-electron chi connectivity index (χ3n) is 5.37. The second kappa shape index (κ2) is 9.07. The molecule has 1 saturated heterocycles. The topological polar surface area (TPSA) is 61.4 Å². The van der Waals surface area contributed by atoms with Gasteiger partial charge < -0.3 is 15.1 Å². The molecule has 8 heteroatoms. The molecule has 1 fully saturated rings. The van der Waals surface area contributed by atoms with Gasteiger partial charge in [-0.2, -0.15) is 0 Å². The highest BCUT2D eigenvalue weighted by atomic mass is 19.2. The van der Waals surface area contributed by atoms with Crippen molar-refractivity contribution in [2.24, 2.45) is 0 Å². The van der Waals surface area contributed by atoms with Gasteiger partial charge in [-0.05, 0) is 36.2 Å². The Kier molecular flexibility index (Phi) is 6.06. The maximum Gasteiger partial charge on any atom is 0.321 e. The van der Waals surface area contributed by atoms with Crippen LogP contribution in [0.15, 0.2) is 54.6 Å². The second-order valence-electron chi connectivity index (χ2n) is 7.36. The number of rotatable bonds is 4. The van der Waals surface area contributed by atoms with Gasteiger partial charge >= 0.3 is 6.03 Å². The Hall–Kier alpha value is -3.55. The fraction of sp³-hybridized carbons (Fsp3) is 0.261. The Morgan fingerprint density at radius 3 is 2.29 bits per heavy atom. The molecule has 0 radical (unpaired) electrons. The highest BCUT2D eigenvalue weighted by molar-refractivity contribution is 5.89. The largest absolute Gasteiger partial charge is 0.352 e. The van der Waals surface area contributed by atoms with Crippen molar-refractivity contribution in [3.63, 3.8) is 0 Å². The Labute approximate surface area is 179 Å². The van der Waals surface area contributed by atoms with Crippen molar-refractivity contribution in [1.82, 2.24) is 15.1 Å². The normalized spacial score (nSPS) is 13.9. The van der Waals surface area contributed by atoms with E-state index in [1.54, 1.807) is 4.90 Å². The van der Waals surface area contributed by atoms with Crippen molar-refractivity contribution < 1.29 is 13.6 Å². The van der Waals surface area contributed by atoms with Gasteiger partial charge in [0.15, 0.2) is 17.5 Å². The Balaban J connectivity index is 1.33. The number of piperazine rings is 1. The average Bonchev–Trinajstić information content (AvgIpc) is 2.82. The van der Waals surface area contributed by atoms with Crippen LogP contribution in [-0.4, -0.2) is 47.3 Å². The first kappa shape index (κ1) is 20.7. The van der Waals surface area contributed by atoms with Gasteiger partial charge in [0.1, 0.15) is 0 Å². The number of benzene rings is 2. The summed E-state index contributed by atoms with van der Waals surface area (Å²) in [5, 5.41) is 11.3. The van der Waals surface area contributed by atoms with Gasteiger partial charge in [0, 0.05) is 43.5 Å². The maximum atomic E-state index is 13.3. The monoisotopic (exact) mass is 423 g/mol. The van der Waals surface area contributed by atoms with Crippen LogP contribution in [0.2, 0.25) is 0 Å².